The van der Waals surface area contributed by atoms with Crippen molar-refractivity contribution in [3.63, 3.8) is 0 Å². The van der Waals surface area contributed by atoms with Crippen molar-refractivity contribution in [1.29, 1.82) is 5.41 Å². The number of nitrogens with zero attached hydrogens (tertiary/aromatic N) is 2. The number of rotatable bonds is 8. The summed E-state index contributed by atoms with van der Waals surface area (Å²) < 4.78 is 62.3. The molecule has 0 aliphatic rings. The molecule has 0 aliphatic heterocycles. The molecule has 11 heteroatoms. The van der Waals surface area contributed by atoms with Gasteiger partial charge in [0, 0.05) is 27.9 Å². The number of nitrogen functional groups attached to an aromatic ring is 1. The van der Waals surface area contributed by atoms with Crippen molar-refractivity contribution in [2.45, 2.75) is 12.9 Å². The van der Waals surface area contributed by atoms with E-state index in [1.54, 1.807) is 12.1 Å². The van der Waals surface area contributed by atoms with Gasteiger partial charge in [-0.25, -0.2) is 9.37 Å². The summed E-state index contributed by atoms with van der Waals surface area (Å²) in [5.41, 5.74) is 6.41. The lowest BCUT2D eigenvalue weighted by Crippen LogP contribution is -2.17. The van der Waals surface area contributed by atoms with Crippen molar-refractivity contribution in [3.05, 3.63) is 70.6 Å². The van der Waals surface area contributed by atoms with Gasteiger partial charge >= 0.3 is 6.36 Å². The molecule has 0 unspecified atom stereocenters. The van der Waals surface area contributed by atoms with Crippen LogP contribution < -0.4 is 15.2 Å². The summed E-state index contributed by atoms with van der Waals surface area (Å²) in [7, 11) is 0. The molecule has 1 aromatic heterocycles. The quantitative estimate of drug-likeness (QED) is 0.321. The molecule has 0 fully saturated rings. The van der Waals surface area contributed by atoms with Crippen LogP contribution in [0.1, 0.15) is 11.1 Å². The Morgan fingerprint density at radius 3 is 2.61 bits per heavy atom. The minimum absolute atomic E-state index is 0.0193. The Labute approximate surface area is 191 Å². The highest BCUT2D eigenvalue weighted by atomic mass is 35.5. The van der Waals surface area contributed by atoms with Gasteiger partial charge in [-0.15, -0.1) is 13.2 Å². The highest BCUT2D eigenvalue weighted by Gasteiger charge is 2.31. The van der Waals surface area contributed by atoms with Crippen LogP contribution in [0.5, 0.6) is 11.5 Å². The SMILES string of the molecule is C=NCc1cc(-c2cc(OC(F)(F)F)ccc2F)c(OCC(=N)c2cccnc2N)cc1Cl. The van der Waals surface area contributed by atoms with Crippen molar-refractivity contribution in [2.75, 3.05) is 12.3 Å². The topological polar surface area (TPSA) is 93.6 Å². The van der Waals surface area contributed by atoms with Gasteiger partial charge < -0.3 is 20.6 Å². The van der Waals surface area contributed by atoms with Gasteiger partial charge in [-0.3, -0.25) is 4.99 Å². The van der Waals surface area contributed by atoms with Crippen LogP contribution in [0.4, 0.5) is 23.4 Å². The lowest BCUT2D eigenvalue weighted by Gasteiger charge is -2.17. The molecule has 2 aromatic carbocycles. The van der Waals surface area contributed by atoms with E-state index < -0.39 is 17.9 Å². The van der Waals surface area contributed by atoms with Crippen LogP contribution in [-0.2, 0) is 6.54 Å². The largest absolute Gasteiger partial charge is 0.573 e. The van der Waals surface area contributed by atoms with Gasteiger partial charge in [0.2, 0.25) is 0 Å². The van der Waals surface area contributed by atoms with E-state index in [2.05, 4.69) is 21.4 Å². The molecule has 0 bridgehead atoms. The number of hydrogen-bond acceptors (Lipinski definition) is 6. The van der Waals surface area contributed by atoms with Gasteiger partial charge in [-0.05, 0) is 54.7 Å². The van der Waals surface area contributed by atoms with Crippen molar-refractivity contribution in [3.8, 4) is 22.6 Å². The number of pyridine rings is 1. The Bertz CT molecular complexity index is 1200. The molecule has 3 rings (SSSR count). The molecule has 0 atom stereocenters. The fourth-order valence-corrected chi connectivity index (χ4v) is 3.19. The van der Waals surface area contributed by atoms with E-state index in [9.17, 15) is 17.6 Å². The van der Waals surface area contributed by atoms with Crippen molar-refractivity contribution in [2.24, 2.45) is 4.99 Å². The highest BCUT2D eigenvalue weighted by molar-refractivity contribution is 6.31. The number of alkyl halides is 3. The maximum Gasteiger partial charge on any atom is 0.573 e. The van der Waals surface area contributed by atoms with Gasteiger partial charge in [-0.1, -0.05) is 11.6 Å². The van der Waals surface area contributed by atoms with E-state index >= 15 is 0 Å². The second kappa shape index (κ2) is 9.86. The molecule has 0 saturated heterocycles. The number of halogens is 5. The van der Waals surface area contributed by atoms with Crippen LogP contribution in [-0.4, -0.2) is 30.4 Å². The number of benzene rings is 2. The zero-order chi connectivity index (χ0) is 24.2. The fourth-order valence-electron chi connectivity index (χ4n) is 2.98. The van der Waals surface area contributed by atoms with E-state index in [1.807, 2.05) is 0 Å². The van der Waals surface area contributed by atoms with Gasteiger partial charge in [0.05, 0.1) is 12.3 Å². The Balaban J connectivity index is 2.02. The smallest absolute Gasteiger partial charge is 0.487 e. The van der Waals surface area contributed by atoms with E-state index in [4.69, 9.17) is 27.5 Å². The molecule has 0 saturated carbocycles. The highest BCUT2D eigenvalue weighted by Crippen LogP contribution is 2.39. The van der Waals surface area contributed by atoms with Gasteiger partial charge in [0.15, 0.2) is 0 Å². The lowest BCUT2D eigenvalue weighted by atomic mass is 10.0. The van der Waals surface area contributed by atoms with Gasteiger partial charge in [-0.2, -0.15) is 0 Å². The molecule has 33 heavy (non-hydrogen) atoms. The first-order valence-corrected chi connectivity index (χ1v) is 9.68. The predicted octanol–water partition coefficient (Wildman–Crippen LogP) is 5.67. The summed E-state index contributed by atoms with van der Waals surface area (Å²) in [5, 5.41) is 8.43. The summed E-state index contributed by atoms with van der Waals surface area (Å²) in [4.78, 5) is 7.65. The molecule has 6 nitrogen and oxygen atoms in total. The van der Waals surface area contributed by atoms with Crippen LogP contribution in [0.25, 0.3) is 11.1 Å². The van der Waals surface area contributed by atoms with Crippen molar-refractivity contribution >= 4 is 29.8 Å². The van der Waals surface area contributed by atoms with Crippen LogP contribution in [0.15, 0.2) is 53.7 Å². The normalized spacial score (nSPS) is 11.2. The number of ether oxygens (including phenoxy) is 2. The van der Waals surface area contributed by atoms with Crippen LogP contribution in [0.3, 0.4) is 0 Å². The third kappa shape index (κ3) is 5.98. The second-order valence-corrected chi connectivity index (χ2v) is 7.12. The summed E-state index contributed by atoms with van der Waals surface area (Å²) in [6.45, 7) is 3.18. The Morgan fingerprint density at radius 2 is 1.94 bits per heavy atom. The van der Waals surface area contributed by atoms with Gasteiger partial charge in [0.1, 0.15) is 29.7 Å². The minimum Gasteiger partial charge on any atom is -0.487 e. The maximum absolute atomic E-state index is 14.7. The van der Waals surface area contributed by atoms with Crippen LogP contribution in [0, 0.1) is 11.2 Å². The number of nitrogens with two attached hydrogens (primary N) is 1. The third-order valence-corrected chi connectivity index (χ3v) is 4.78. The molecule has 0 radical (unpaired) electrons. The summed E-state index contributed by atoms with van der Waals surface area (Å²) in [6.07, 6.45) is -3.49. The number of aliphatic imine (C=N–C) groups is 1. The van der Waals surface area contributed by atoms with E-state index in [1.165, 1.54) is 18.3 Å². The molecule has 0 aliphatic carbocycles. The first kappa shape index (κ1) is 24.0. The summed E-state index contributed by atoms with van der Waals surface area (Å²) in [6, 6.07) is 8.58. The Morgan fingerprint density at radius 1 is 1.18 bits per heavy atom. The van der Waals surface area contributed by atoms with Crippen LogP contribution >= 0.6 is 11.6 Å². The zero-order valence-electron chi connectivity index (χ0n) is 16.9. The molecule has 0 amide bonds. The predicted molar refractivity (Wildman–Crippen MR) is 118 cm³/mol. The van der Waals surface area contributed by atoms with E-state index in [0.717, 1.165) is 18.2 Å². The molecule has 172 valence electrons. The lowest BCUT2D eigenvalue weighted by molar-refractivity contribution is -0.274. The number of hydrogen-bond donors (Lipinski definition) is 2. The molecule has 3 aromatic rings. The Hall–Kier alpha value is -3.66. The fraction of sp³-hybridized carbons (Fsp3) is 0.136. The molecule has 3 N–H and O–H groups in total. The second-order valence-electron chi connectivity index (χ2n) is 6.71. The first-order valence-electron chi connectivity index (χ1n) is 9.30. The number of anilines is 1. The third-order valence-electron chi connectivity index (χ3n) is 4.43. The van der Waals surface area contributed by atoms with Crippen LogP contribution in [0.2, 0.25) is 5.02 Å². The van der Waals surface area contributed by atoms with Crippen molar-refractivity contribution < 1.29 is 27.0 Å². The van der Waals surface area contributed by atoms with E-state index in [-0.39, 0.29) is 46.6 Å². The van der Waals surface area contributed by atoms with Crippen molar-refractivity contribution in [1.82, 2.24) is 4.98 Å². The number of aromatic nitrogens is 1. The molecule has 0 spiro atoms. The maximum atomic E-state index is 14.7. The average Bonchev–Trinajstić information content (AvgIpc) is 2.74. The first-order chi connectivity index (χ1) is 15.6. The zero-order valence-corrected chi connectivity index (χ0v) is 17.7. The average molecular weight is 481 g/mol. The minimum atomic E-state index is -4.95. The van der Waals surface area contributed by atoms with Gasteiger partial charge in [0.25, 0.3) is 0 Å². The standard InChI is InChI=1S/C22H17ClF4N4O2/c1-30-10-12-7-16(15-8-13(4-5-18(15)24)33-22(25,26)27)20(9-17(12)23)32-11-19(28)14-3-2-6-31-21(14)29/h2-9,28H,1,10-11H2,(H2,29,31). The summed E-state index contributed by atoms with van der Waals surface area (Å²) >= 11 is 6.26. The Kier molecular flexibility index (Phi) is 7.17. The molecular weight excluding hydrogens is 464 g/mol. The molecular formula is C22H17ClF4N4O2. The monoisotopic (exact) mass is 480 g/mol. The van der Waals surface area contributed by atoms with E-state index in [0.29, 0.717) is 11.1 Å². The number of nitrogens with one attached hydrogen (secondary N) is 1. The molecule has 1 heterocycles. The summed E-state index contributed by atoms with van der Waals surface area (Å²) in [5.74, 6) is -1.28.